The predicted octanol–water partition coefficient (Wildman–Crippen LogP) is 1.73. The van der Waals surface area contributed by atoms with Gasteiger partial charge < -0.3 is 10.1 Å². The molecule has 3 nitrogen and oxygen atoms in total. The summed E-state index contributed by atoms with van der Waals surface area (Å²) in [4.78, 5) is 3.96. The standard InChI is InChI=1S/C12H20N2OS/c1-10(12-4-3-7-16-12)14-5-6-15-11(9-14)8-13-2/h3-4,7,10-11,13H,5-6,8-9H2,1-2H3. The summed E-state index contributed by atoms with van der Waals surface area (Å²) in [6, 6.07) is 4.86. The summed E-state index contributed by atoms with van der Waals surface area (Å²) in [6.07, 6.45) is 0.334. The first-order valence-electron chi connectivity index (χ1n) is 5.85. The maximum Gasteiger partial charge on any atom is 0.0826 e. The van der Waals surface area contributed by atoms with Crippen LogP contribution in [0.15, 0.2) is 17.5 Å². The zero-order chi connectivity index (χ0) is 11.4. The third-order valence-electron chi connectivity index (χ3n) is 3.10. The summed E-state index contributed by atoms with van der Waals surface area (Å²) in [5.41, 5.74) is 0. The van der Waals surface area contributed by atoms with E-state index in [9.17, 15) is 0 Å². The van der Waals surface area contributed by atoms with Crippen molar-refractivity contribution in [2.45, 2.75) is 19.1 Å². The van der Waals surface area contributed by atoms with Gasteiger partial charge in [-0.15, -0.1) is 11.3 Å². The summed E-state index contributed by atoms with van der Waals surface area (Å²) in [6.45, 7) is 6.14. The van der Waals surface area contributed by atoms with Crippen LogP contribution in [0.2, 0.25) is 0 Å². The highest BCUT2D eigenvalue weighted by atomic mass is 32.1. The molecule has 0 saturated carbocycles. The van der Waals surface area contributed by atoms with E-state index in [4.69, 9.17) is 4.74 Å². The molecule has 1 aromatic heterocycles. The van der Waals surface area contributed by atoms with E-state index in [1.807, 2.05) is 18.4 Å². The van der Waals surface area contributed by atoms with E-state index < -0.39 is 0 Å². The fraction of sp³-hybridized carbons (Fsp3) is 0.667. The normalized spacial score (nSPS) is 24.5. The van der Waals surface area contributed by atoms with Gasteiger partial charge in [-0.1, -0.05) is 6.07 Å². The van der Waals surface area contributed by atoms with Gasteiger partial charge in [-0.05, 0) is 25.4 Å². The average Bonchev–Trinajstić information content (AvgIpc) is 2.82. The van der Waals surface area contributed by atoms with Crippen LogP contribution in [0.25, 0.3) is 0 Å². The molecule has 0 spiro atoms. The van der Waals surface area contributed by atoms with Crippen molar-refractivity contribution in [2.75, 3.05) is 33.3 Å². The lowest BCUT2D eigenvalue weighted by Gasteiger charge is -2.36. The molecule has 1 aromatic rings. The van der Waals surface area contributed by atoms with Gasteiger partial charge in [0.2, 0.25) is 0 Å². The highest BCUT2D eigenvalue weighted by molar-refractivity contribution is 7.10. The van der Waals surface area contributed by atoms with Crippen LogP contribution in [0.3, 0.4) is 0 Å². The quantitative estimate of drug-likeness (QED) is 0.867. The van der Waals surface area contributed by atoms with Crippen LogP contribution in [0, 0.1) is 0 Å². The molecule has 1 N–H and O–H groups in total. The lowest BCUT2D eigenvalue weighted by Crippen LogP contribution is -2.46. The Morgan fingerprint density at radius 3 is 3.25 bits per heavy atom. The van der Waals surface area contributed by atoms with E-state index in [0.29, 0.717) is 12.1 Å². The van der Waals surface area contributed by atoms with E-state index in [-0.39, 0.29) is 0 Å². The minimum atomic E-state index is 0.334. The first kappa shape index (κ1) is 12.0. The van der Waals surface area contributed by atoms with E-state index >= 15 is 0 Å². The fourth-order valence-corrected chi connectivity index (χ4v) is 2.97. The molecule has 0 aromatic carbocycles. The summed E-state index contributed by atoms with van der Waals surface area (Å²) in [5, 5.41) is 5.33. The summed E-state index contributed by atoms with van der Waals surface area (Å²) in [7, 11) is 1.98. The largest absolute Gasteiger partial charge is 0.374 e. The molecule has 0 bridgehead atoms. The summed E-state index contributed by atoms with van der Waals surface area (Å²) >= 11 is 1.84. The number of ether oxygens (including phenoxy) is 1. The van der Waals surface area contributed by atoms with Crippen molar-refractivity contribution in [1.29, 1.82) is 0 Å². The van der Waals surface area contributed by atoms with Crippen molar-refractivity contribution in [3.8, 4) is 0 Å². The van der Waals surface area contributed by atoms with Gasteiger partial charge >= 0.3 is 0 Å². The molecule has 0 aliphatic carbocycles. The monoisotopic (exact) mass is 240 g/mol. The van der Waals surface area contributed by atoms with Gasteiger partial charge in [-0.3, -0.25) is 4.90 Å². The topological polar surface area (TPSA) is 24.5 Å². The smallest absolute Gasteiger partial charge is 0.0826 e. The molecule has 4 heteroatoms. The van der Waals surface area contributed by atoms with Crippen molar-refractivity contribution in [3.05, 3.63) is 22.4 Å². The van der Waals surface area contributed by atoms with Crippen LogP contribution < -0.4 is 5.32 Å². The molecule has 2 atom stereocenters. The molecule has 2 heterocycles. The Bertz CT molecular complexity index is 300. The second kappa shape index (κ2) is 5.77. The van der Waals surface area contributed by atoms with Crippen molar-refractivity contribution in [1.82, 2.24) is 10.2 Å². The first-order valence-corrected chi connectivity index (χ1v) is 6.73. The van der Waals surface area contributed by atoms with Gasteiger partial charge in [-0.2, -0.15) is 0 Å². The lowest BCUT2D eigenvalue weighted by molar-refractivity contribution is -0.0388. The molecule has 1 saturated heterocycles. The highest BCUT2D eigenvalue weighted by Gasteiger charge is 2.24. The van der Waals surface area contributed by atoms with Crippen molar-refractivity contribution < 1.29 is 4.74 Å². The molecule has 1 fully saturated rings. The van der Waals surface area contributed by atoms with E-state index in [0.717, 1.165) is 26.2 Å². The number of nitrogens with zero attached hydrogens (tertiary/aromatic N) is 1. The number of nitrogens with one attached hydrogen (secondary N) is 1. The third kappa shape index (κ3) is 2.83. The summed E-state index contributed by atoms with van der Waals surface area (Å²) < 4.78 is 5.72. The minimum Gasteiger partial charge on any atom is -0.374 e. The van der Waals surface area contributed by atoms with E-state index in [1.165, 1.54) is 4.88 Å². The van der Waals surface area contributed by atoms with E-state index in [1.54, 1.807) is 0 Å². The zero-order valence-electron chi connectivity index (χ0n) is 9.98. The number of hydrogen-bond acceptors (Lipinski definition) is 4. The second-order valence-corrected chi connectivity index (χ2v) is 5.22. The van der Waals surface area contributed by atoms with Gasteiger partial charge in [0.05, 0.1) is 12.7 Å². The molecule has 1 aliphatic rings. The Balaban J connectivity index is 1.93. The maximum atomic E-state index is 5.72. The fourth-order valence-electron chi connectivity index (χ4n) is 2.15. The molecule has 1 aliphatic heterocycles. The van der Waals surface area contributed by atoms with Crippen molar-refractivity contribution in [3.63, 3.8) is 0 Å². The van der Waals surface area contributed by atoms with Gasteiger partial charge in [0.1, 0.15) is 0 Å². The lowest BCUT2D eigenvalue weighted by atomic mass is 10.2. The Labute approximate surface area is 101 Å². The van der Waals surface area contributed by atoms with Crippen LogP contribution in [0.4, 0.5) is 0 Å². The number of likely N-dealkylation sites (N-methyl/N-ethyl adjacent to an activating group) is 1. The number of thiophene rings is 1. The summed E-state index contributed by atoms with van der Waals surface area (Å²) in [5.74, 6) is 0. The predicted molar refractivity (Wildman–Crippen MR) is 68.0 cm³/mol. The average molecular weight is 240 g/mol. The van der Waals surface area contributed by atoms with Crippen LogP contribution in [0.5, 0.6) is 0 Å². The Kier molecular flexibility index (Phi) is 4.35. The molecule has 2 rings (SSSR count). The highest BCUT2D eigenvalue weighted by Crippen LogP contribution is 2.25. The third-order valence-corrected chi connectivity index (χ3v) is 4.15. The molecular formula is C12H20N2OS. The molecular weight excluding hydrogens is 220 g/mol. The Morgan fingerprint density at radius 2 is 2.56 bits per heavy atom. The van der Waals surface area contributed by atoms with Crippen LogP contribution >= 0.6 is 11.3 Å². The van der Waals surface area contributed by atoms with Crippen LogP contribution in [-0.4, -0.2) is 44.3 Å². The van der Waals surface area contributed by atoms with Gasteiger partial charge in [0.15, 0.2) is 0 Å². The van der Waals surface area contributed by atoms with Crippen LogP contribution in [-0.2, 0) is 4.74 Å². The molecule has 0 radical (unpaired) electrons. The van der Waals surface area contributed by atoms with Gasteiger partial charge in [-0.25, -0.2) is 0 Å². The SMILES string of the molecule is CNCC1CN(C(C)c2cccs2)CCO1. The minimum absolute atomic E-state index is 0.334. The Morgan fingerprint density at radius 1 is 1.69 bits per heavy atom. The second-order valence-electron chi connectivity index (χ2n) is 4.24. The van der Waals surface area contributed by atoms with E-state index in [2.05, 4.69) is 34.7 Å². The molecule has 0 amide bonds. The molecule has 16 heavy (non-hydrogen) atoms. The maximum absolute atomic E-state index is 5.72. The number of morpholine rings is 1. The molecule has 2 unspecified atom stereocenters. The number of rotatable bonds is 4. The number of hydrogen-bond donors (Lipinski definition) is 1. The van der Waals surface area contributed by atoms with Crippen molar-refractivity contribution in [2.24, 2.45) is 0 Å². The zero-order valence-corrected chi connectivity index (χ0v) is 10.8. The Hall–Kier alpha value is -0.420. The van der Waals surface area contributed by atoms with Gasteiger partial charge in [0.25, 0.3) is 0 Å². The molecule has 90 valence electrons. The first-order chi connectivity index (χ1) is 7.81. The van der Waals surface area contributed by atoms with Crippen LogP contribution in [0.1, 0.15) is 17.8 Å². The van der Waals surface area contributed by atoms with Crippen molar-refractivity contribution >= 4 is 11.3 Å². The van der Waals surface area contributed by atoms with Gasteiger partial charge in [0, 0.05) is 30.6 Å².